The SMILES string of the molecule is O=C(CCc1ccccn1)Nc1cccc(CCCO)c1. The molecule has 2 aromatic rings. The number of benzene rings is 1. The van der Waals surface area contributed by atoms with Crippen LogP contribution in [0.4, 0.5) is 5.69 Å². The van der Waals surface area contributed by atoms with Crippen molar-refractivity contribution in [3.05, 3.63) is 59.9 Å². The maximum atomic E-state index is 11.9. The monoisotopic (exact) mass is 284 g/mol. The molecule has 0 unspecified atom stereocenters. The maximum absolute atomic E-state index is 11.9. The number of rotatable bonds is 7. The van der Waals surface area contributed by atoms with Crippen LogP contribution in [-0.2, 0) is 17.6 Å². The summed E-state index contributed by atoms with van der Waals surface area (Å²) in [7, 11) is 0. The molecule has 2 rings (SSSR count). The second-order valence-electron chi connectivity index (χ2n) is 4.90. The van der Waals surface area contributed by atoms with Crippen LogP contribution in [0.25, 0.3) is 0 Å². The molecule has 1 aromatic carbocycles. The summed E-state index contributed by atoms with van der Waals surface area (Å²) in [5.41, 5.74) is 2.84. The summed E-state index contributed by atoms with van der Waals surface area (Å²) in [6, 6.07) is 13.4. The number of hydrogen-bond donors (Lipinski definition) is 2. The van der Waals surface area contributed by atoms with Crippen molar-refractivity contribution >= 4 is 11.6 Å². The summed E-state index contributed by atoms with van der Waals surface area (Å²) >= 11 is 0. The first-order chi connectivity index (χ1) is 10.3. The van der Waals surface area contributed by atoms with E-state index in [1.165, 1.54) is 0 Å². The molecular weight excluding hydrogens is 264 g/mol. The Morgan fingerprint density at radius 1 is 1.14 bits per heavy atom. The lowest BCUT2D eigenvalue weighted by Crippen LogP contribution is -2.12. The lowest BCUT2D eigenvalue weighted by atomic mass is 10.1. The summed E-state index contributed by atoms with van der Waals surface area (Å²) in [6.45, 7) is 0.181. The van der Waals surface area contributed by atoms with Gasteiger partial charge in [-0.1, -0.05) is 18.2 Å². The highest BCUT2D eigenvalue weighted by Gasteiger charge is 2.04. The summed E-state index contributed by atoms with van der Waals surface area (Å²) in [5, 5.41) is 11.7. The second-order valence-corrected chi connectivity index (χ2v) is 4.90. The van der Waals surface area contributed by atoms with Crippen LogP contribution in [0.2, 0.25) is 0 Å². The molecule has 21 heavy (non-hydrogen) atoms. The van der Waals surface area contributed by atoms with Gasteiger partial charge in [0, 0.05) is 30.6 Å². The number of aliphatic hydroxyl groups excluding tert-OH is 1. The zero-order valence-electron chi connectivity index (χ0n) is 12.0. The van der Waals surface area contributed by atoms with Gasteiger partial charge in [0.2, 0.25) is 5.91 Å². The van der Waals surface area contributed by atoms with Crippen LogP contribution in [0.1, 0.15) is 24.1 Å². The van der Waals surface area contributed by atoms with Gasteiger partial charge in [0.05, 0.1) is 0 Å². The van der Waals surface area contributed by atoms with Gasteiger partial charge < -0.3 is 10.4 Å². The molecule has 110 valence electrons. The first kappa shape index (κ1) is 15.2. The van der Waals surface area contributed by atoms with E-state index in [9.17, 15) is 4.79 Å². The van der Waals surface area contributed by atoms with Gasteiger partial charge in [-0.2, -0.15) is 0 Å². The molecule has 0 aliphatic carbocycles. The molecule has 4 nitrogen and oxygen atoms in total. The van der Waals surface area contributed by atoms with Gasteiger partial charge in [-0.3, -0.25) is 9.78 Å². The Hall–Kier alpha value is -2.20. The van der Waals surface area contributed by atoms with E-state index in [4.69, 9.17) is 5.11 Å². The van der Waals surface area contributed by atoms with Crippen molar-refractivity contribution in [2.45, 2.75) is 25.7 Å². The standard InChI is InChI=1S/C17H20N2O2/c20-12-4-6-14-5-3-8-16(13-14)19-17(21)10-9-15-7-1-2-11-18-15/h1-3,5,7-8,11,13,20H,4,6,9-10,12H2,(H,19,21). The van der Waals surface area contributed by atoms with Gasteiger partial charge in [0.1, 0.15) is 0 Å². The molecule has 1 heterocycles. The van der Waals surface area contributed by atoms with E-state index in [0.29, 0.717) is 12.8 Å². The van der Waals surface area contributed by atoms with Gasteiger partial charge in [-0.25, -0.2) is 0 Å². The number of nitrogens with zero attached hydrogens (tertiary/aromatic N) is 1. The molecule has 0 radical (unpaired) electrons. The molecule has 0 aliphatic rings. The summed E-state index contributed by atoms with van der Waals surface area (Å²) in [6.07, 6.45) is 4.33. The van der Waals surface area contributed by atoms with Crippen LogP contribution >= 0.6 is 0 Å². The van der Waals surface area contributed by atoms with Crippen molar-refractivity contribution in [1.29, 1.82) is 0 Å². The van der Waals surface area contributed by atoms with Gasteiger partial charge in [0.25, 0.3) is 0 Å². The fourth-order valence-corrected chi connectivity index (χ4v) is 2.10. The van der Waals surface area contributed by atoms with E-state index in [1.807, 2.05) is 42.5 Å². The predicted octanol–water partition coefficient (Wildman–Crippen LogP) is 2.58. The van der Waals surface area contributed by atoms with Crippen molar-refractivity contribution in [3.63, 3.8) is 0 Å². The number of carbonyl (C=O) groups excluding carboxylic acids is 1. The van der Waals surface area contributed by atoms with Gasteiger partial charge in [-0.05, 0) is 49.1 Å². The van der Waals surface area contributed by atoms with Crippen molar-refractivity contribution in [3.8, 4) is 0 Å². The summed E-state index contributed by atoms with van der Waals surface area (Å²) in [5.74, 6) is -0.0139. The average molecular weight is 284 g/mol. The molecule has 2 N–H and O–H groups in total. The third-order valence-corrected chi connectivity index (χ3v) is 3.17. The van der Waals surface area contributed by atoms with Crippen LogP contribution < -0.4 is 5.32 Å². The Kier molecular flexibility index (Phi) is 5.91. The Labute approximate surface area is 124 Å². The fraction of sp³-hybridized carbons (Fsp3) is 0.294. The first-order valence-corrected chi connectivity index (χ1v) is 7.17. The largest absolute Gasteiger partial charge is 0.396 e. The number of aryl methyl sites for hydroxylation is 2. The van der Waals surface area contributed by atoms with Gasteiger partial charge in [0.15, 0.2) is 0 Å². The van der Waals surface area contributed by atoms with Crippen molar-refractivity contribution in [2.24, 2.45) is 0 Å². The highest BCUT2D eigenvalue weighted by atomic mass is 16.2. The molecule has 0 fully saturated rings. The molecule has 0 saturated heterocycles. The van der Waals surface area contributed by atoms with Crippen LogP contribution in [0.3, 0.4) is 0 Å². The molecule has 0 aliphatic heterocycles. The number of aliphatic hydroxyl groups is 1. The Bertz CT molecular complexity index is 570. The highest BCUT2D eigenvalue weighted by molar-refractivity contribution is 5.90. The number of aromatic nitrogens is 1. The Morgan fingerprint density at radius 2 is 2.05 bits per heavy atom. The quantitative estimate of drug-likeness (QED) is 0.821. The topological polar surface area (TPSA) is 62.2 Å². The van der Waals surface area contributed by atoms with Crippen LogP contribution in [-0.4, -0.2) is 22.6 Å². The normalized spacial score (nSPS) is 10.3. The average Bonchev–Trinajstić information content (AvgIpc) is 2.52. The van der Waals surface area contributed by atoms with Crippen molar-refractivity contribution < 1.29 is 9.90 Å². The lowest BCUT2D eigenvalue weighted by molar-refractivity contribution is -0.116. The number of hydrogen-bond acceptors (Lipinski definition) is 3. The maximum Gasteiger partial charge on any atom is 0.224 e. The number of carbonyl (C=O) groups is 1. The molecule has 1 amide bonds. The molecular formula is C17H20N2O2. The molecule has 0 saturated carbocycles. The summed E-state index contributed by atoms with van der Waals surface area (Å²) < 4.78 is 0. The second kappa shape index (κ2) is 8.17. The number of anilines is 1. The van der Waals surface area contributed by atoms with E-state index in [0.717, 1.165) is 29.8 Å². The smallest absolute Gasteiger partial charge is 0.224 e. The zero-order valence-corrected chi connectivity index (χ0v) is 12.0. The third-order valence-electron chi connectivity index (χ3n) is 3.17. The number of amides is 1. The Balaban J connectivity index is 1.84. The van der Waals surface area contributed by atoms with E-state index < -0.39 is 0 Å². The van der Waals surface area contributed by atoms with E-state index in [1.54, 1.807) is 6.20 Å². The predicted molar refractivity (Wildman–Crippen MR) is 83.0 cm³/mol. The molecule has 4 heteroatoms. The third kappa shape index (κ3) is 5.36. The Morgan fingerprint density at radius 3 is 2.81 bits per heavy atom. The van der Waals surface area contributed by atoms with Crippen LogP contribution in [0.5, 0.6) is 0 Å². The molecule has 1 aromatic heterocycles. The molecule has 0 spiro atoms. The highest BCUT2D eigenvalue weighted by Crippen LogP contribution is 2.13. The van der Waals surface area contributed by atoms with Crippen molar-refractivity contribution in [1.82, 2.24) is 4.98 Å². The molecule has 0 atom stereocenters. The van der Waals surface area contributed by atoms with E-state index >= 15 is 0 Å². The minimum Gasteiger partial charge on any atom is -0.396 e. The number of nitrogens with one attached hydrogen (secondary N) is 1. The zero-order chi connectivity index (χ0) is 14.9. The number of pyridine rings is 1. The first-order valence-electron chi connectivity index (χ1n) is 7.17. The fourth-order valence-electron chi connectivity index (χ4n) is 2.10. The minimum atomic E-state index is -0.0139. The molecule has 0 bridgehead atoms. The van der Waals surface area contributed by atoms with Gasteiger partial charge in [-0.15, -0.1) is 0 Å². The van der Waals surface area contributed by atoms with E-state index in [-0.39, 0.29) is 12.5 Å². The minimum absolute atomic E-state index is 0.0139. The van der Waals surface area contributed by atoms with Crippen molar-refractivity contribution in [2.75, 3.05) is 11.9 Å². The van der Waals surface area contributed by atoms with Gasteiger partial charge >= 0.3 is 0 Å². The van der Waals surface area contributed by atoms with Crippen LogP contribution in [0.15, 0.2) is 48.7 Å². The van der Waals surface area contributed by atoms with Crippen LogP contribution in [0, 0.1) is 0 Å². The summed E-state index contributed by atoms with van der Waals surface area (Å²) in [4.78, 5) is 16.1. The lowest BCUT2D eigenvalue weighted by Gasteiger charge is -2.07. The van der Waals surface area contributed by atoms with E-state index in [2.05, 4.69) is 10.3 Å².